The van der Waals surface area contributed by atoms with Crippen LogP contribution >= 0.6 is 15.9 Å². The summed E-state index contributed by atoms with van der Waals surface area (Å²) in [6.45, 7) is 3.20. The van der Waals surface area contributed by atoms with E-state index in [1.807, 2.05) is 12.1 Å². The summed E-state index contributed by atoms with van der Waals surface area (Å²) in [4.78, 5) is 0. The molecule has 2 atom stereocenters. The maximum absolute atomic E-state index is 14.3. The molecule has 0 aromatic heterocycles. The number of nitrogens with one attached hydrogen (secondary N) is 1. The van der Waals surface area contributed by atoms with Crippen LogP contribution in [0.4, 0.5) is 4.39 Å². The molecule has 1 saturated carbocycles. The van der Waals surface area contributed by atoms with E-state index in [1.54, 1.807) is 6.07 Å². The molecule has 106 valence electrons. The fourth-order valence-electron chi connectivity index (χ4n) is 3.06. The Morgan fingerprint density at radius 1 is 1.26 bits per heavy atom. The van der Waals surface area contributed by atoms with Crippen LogP contribution in [0.1, 0.15) is 56.9 Å². The van der Waals surface area contributed by atoms with Gasteiger partial charge in [-0.15, -0.1) is 0 Å². The van der Waals surface area contributed by atoms with E-state index in [1.165, 1.54) is 19.3 Å². The van der Waals surface area contributed by atoms with Gasteiger partial charge in [-0.1, -0.05) is 38.3 Å². The van der Waals surface area contributed by atoms with Crippen molar-refractivity contribution in [1.82, 2.24) is 5.32 Å². The molecule has 0 saturated heterocycles. The summed E-state index contributed by atoms with van der Waals surface area (Å²) in [5.41, 5.74) is 0.880. The molecule has 1 aliphatic rings. The van der Waals surface area contributed by atoms with Crippen molar-refractivity contribution in [3.8, 4) is 0 Å². The molecule has 0 amide bonds. The lowest BCUT2D eigenvalue weighted by Gasteiger charge is -2.27. The third kappa shape index (κ3) is 3.79. The van der Waals surface area contributed by atoms with Gasteiger partial charge >= 0.3 is 0 Å². The Balaban J connectivity index is 2.23. The predicted octanol–water partition coefficient (Wildman–Crippen LogP) is 5.00. The van der Waals surface area contributed by atoms with E-state index in [2.05, 4.69) is 28.2 Å². The Labute approximate surface area is 124 Å². The summed E-state index contributed by atoms with van der Waals surface area (Å²) in [6.07, 6.45) is 7.13. The Bertz CT molecular complexity index is 408. The zero-order valence-electron chi connectivity index (χ0n) is 11.6. The Kier molecular flexibility index (Phi) is 5.83. The maximum Gasteiger partial charge on any atom is 0.140 e. The van der Waals surface area contributed by atoms with Crippen LogP contribution < -0.4 is 5.32 Å². The van der Waals surface area contributed by atoms with Gasteiger partial charge in [0.1, 0.15) is 5.82 Å². The molecule has 19 heavy (non-hydrogen) atoms. The molecule has 0 spiro atoms. The molecule has 1 nitrogen and oxygen atoms in total. The van der Waals surface area contributed by atoms with Gasteiger partial charge in [-0.25, -0.2) is 4.39 Å². The standard InChI is InChI=1S/C16H23BrFN/c1-2-11-19-15-10-5-3-4-7-12(15)13-8-6-9-14(17)16(13)18/h6,8-9,12,15,19H,2-5,7,10-11H2,1H3. The predicted molar refractivity (Wildman–Crippen MR) is 82.0 cm³/mol. The topological polar surface area (TPSA) is 12.0 Å². The van der Waals surface area contributed by atoms with E-state index in [-0.39, 0.29) is 5.82 Å². The lowest BCUT2D eigenvalue weighted by Crippen LogP contribution is -2.35. The average molecular weight is 328 g/mol. The van der Waals surface area contributed by atoms with Crippen LogP contribution in [0.25, 0.3) is 0 Å². The fraction of sp³-hybridized carbons (Fsp3) is 0.625. The van der Waals surface area contributed by atoms with E-state index >= 15 is 0 Å². The van der Waals surface area contributed by atoms with Crippen LogP contribution in [-0.2, 0) is 0 Å². The first-order chi connectivity index (χ1) is 9.24. The van der Waals surface area contributed by atoms with Gasteiger partial charge in [0.2, 0.25) is 0 Å². The van der Waals surface area contributed by atoms with Crippen LogP contribution in [0.3, 0.4) is 0 Å². The molecule has 0 radical (unpaired) electrons. The van der Waals surface area contributed by atoms with Crippen molar-refractivity contribution in [2.24, 2.45) is 0 Å². The number of benzene rings is 1. The molecule has 1 fully saturated rings. The minimum Gasteiger partial charge on any atom is -0.313 e. The first-order valence-electron chi connectivity index (χ1n) is 7.41. The van der Waals surface area contributed by atoms with Gasteiger partial charge < -0.3 is 5.32 Å². The summed E-state index contributed by atoms with van der Waals surface area (Å²) in [7, 11) is 0. The van der Waals surface area contributed by atoms with Gasteiger partial charge in [0.15, 0.2) is 0 Å². The van der Waals surface area contributed by atoms with Crippen molar-refractivity contribution in [3.05, 3.63) is 34.1 Å². The average Bonchev–Trinajstić information content (AvgIpc) is 2.65. The highest BCUT2D eigenvalue weighted by molar-refractivity contribution is 9.10. The molecular formula is C16H23BrFN. The molecule has 0 bridgehead atoms. The normalized spacial score (nSPS) is 24.2. The molecule has 0 heterocycles. The first kappa shape index (κ1) is 15.0. The number of hydrogen-bond donors (Lipinski definition) is 1. The smallest absolute Gasteiger partial charge is 0.140 e. The fourth-order valence-corrected chi connectivity index (χ4v) is 3.44. The van der Waals surface area contributed by atoms with E-state index in [0.29, 0.717) is 16.4 Å². The van der Waals surface area contributed by atoms with Crippen molar-refractivity contribution < 1.29 is 4.39 Å². The summed E-state index contributed by atoms with van der Waals surface area (Å²) < 4.78 is 14.9. The molecule has 1 aromatic carbocycles. The van der Waals surface area contributed by atoms with Crippen LogP contribution in [-0.4, -0.2) is 12.6 Å². The molecular weight excluding hydrogens is 305 g/mol. The van der Waals surface area contributed by atoms with Crippen molar-refractivity contribution in [2.75, 3.05) is 6.54 Å². The highest BCUT2D eigenvalue weighted by atomic mass is 79.9. The maximum atomic E-state index is 14.3. The second-order valence-corrected chi connectivity index (χ2v) is 6.30. The Morgan fingerprint density at radius 3 is 2.84 bits per heavy atom. The second kappa shape index (κ2) is 7.39. The van der Waals surface area contributed by atoms with E-state index in [0.717, 1.165) is 31.4 Å². The summed E-state index contributed by atoms with van der Waals surface area (Å²) in [5.74, 6) is 0.240. The van der Waals surface area contributed by atoms with Crippen LogP contribution in [0.15, 0.2) is 22.7 Å². The number of halogens is 2. The van der Waals surface area contributed by atoms with Crippen LogP contribution in [0, 0.1) is 5.82 Å². The quantitative estimate of drug-likeness (QED) is 0.767. The molecule has 1 N–H and O–H groups in total. The molecule has 3 heteroatoms. The van der Waals surface area contributed by atoms with Gasteiger partial charge in [0.25, 0.3) is 0 Å². The van der Waals surface area contributed by atoms with E-state index in [9.17, 15) is 4.39 Å². The summed E-state index contributed by atoms with van der Waals surface area (Å²) in [6, 6.07) is 6.11. The van der Waals surface area contributed by atoms with Crippen molar-refractivity contribution >= 4 is 15.9 Å². The minimum atomic E-state index is -0.0716. The van der Waals surface area contributed by atoms with Gasteiger partial charge in [-0.05, 0) is 53.4 Å². The van der Waals surface area contributed by atoms with Crippen LogP contribution in [0.2, 0.25) is 0 Å². The second-order valence-electron chi connectivity index (χ2n) is 5.45. The number of rotatable bonds is 4. The van der Waals surface area contributed by atoms with E-state index in [4.69, 9.17) is 0 Å². The lowest BCUT2D eigenvalue weighted by molar-refractivity contribution is 0.400. The lowest BCUT2D eigenvalue weighted by atomic mass is 9.87. The minimum absolute atomic E-state index is 0.0716. The molecule has 1 aromatic rings. The van der Waals surface area contributed by atoms with Crippen molar-refractivity contribution in [2.45, 2.75) is 57.4 Å². The largest absolute Gasteiger partial charge is 0.313 e. The highest BCUT2D eigenvalue weighted by Gasteiger charge is 2.27. The SMILES string of the molecule is CCCNC1CCCCCC1c1cccc(Br)c1F. The summed E-state index contributed by atoms with van der Waals surface area (Å²) in [5, 5.41) is 3.62. The van der Waals surface area contributed by atoms with Gasteiger partial charge in [0, 0.05) is 12.0 Å². The van der Waals surface area contributed by atoms with Gasteiger partial charge in [0.05, 0.1) is 4.47 Å². The zero-order chi connectivity index (χ0) is 13.7. The van der Waals surface area contributed by atoms with E-state index < -0.39 is 0 Å². The highest BCUT2D eigenvalue weighted by Crippen LogP contribution is 2.35. The molecule has 1 aliphatic carbocycles. The molecule has 2 rings (SSSR count). The number of hydrogen-bond acceptors (Lipinski definition) is 1. The third-order valence-electron chi connectivity index (χ3n) is 4.05. The Hall–Kier alpha value is -0.410. The van der Waals surface area contributed by atoms with Gasteiger partial charge in [-0.2, -0.15) is 0 Å². The Morgan fingerprint density at radius 2 is 2.05 bits per heavy atom. The van der Waals surface area contributed by atoms with Crippen LogP contribution in [0.5, 0.6) is 0 Å². The monoisotopic (exact) mass is 327 g/mol. The zero-order valence-corrected chi connectivity index (χ0v) is 13.2. The van der Waals surface area contributed by atoms with Crippen molar-refractivity contribution in [3.63, 3.8) is 0 Å². The first-order valence-corrected chi connectivity index (χ1v) is 8.20. The van der Waals surface area contributed by atoms with Crippen molar-refractivity contribution in [1.29, 1.82) is 0 Å². The molecule has 2 unspecified atom stereocenters. The summed E-state index contributed by atoms with van der Waals surface area (Å²) >= 11 is 3.31. The molecule has 0 aliphatic heterocycles. The third-order valence-corrected chi connectivity index (χ3v) is 4.67. The van der Waals surface area contributed by atoms with Gasteiger partial charge in [-0.3, -0.25) is 0 Å².